The van der Waals surface area contributed by atoms with E-state index in [2.05, 4.69) is 16.0 Å². The molecule has 0 unspecified atom stereocenters. The number of carbonyl (C=O) groups excluding carboxylic acids is 3. The summed E-state index contributed by atoms with van der Waals surface area (Å²) in [6.45, 7) is 0. The molecule has 140 valence electrons. The van der Waals surface area contributed by atoms with Crippen LogP contribution in [0.4, 0.5) is 0 Å². The minimum absolute atomic E-state index is 0.412. The van der Waals surface area contributed by atoms with Gasteiger partial charge < -0.3 is 16.0 Å². The van der Waals surface area contributed by atoms with Crippen molar-refractivity contribution in [3.8, 4) is 0 Å². The van der Waals surface area contributed by atoms with Gasteiger partial charge in [0.15, 0.2) is 6.29 Å². The van der Waals surface area contributed by atoms with E-state index in [1.165, 1.54) is 0 Å². The van der Waals surface area contributed by atoms with Crippen LogP contribution in [0.25, 0.3) is 0 Å². The summed E-state index contributed by atoms with van der Waals surface area (Å²) < 4.78 is 0. The summed E-state index contributed by atoms with van der Waals surface area (Å²) in [4.78, 5) is 37.4. The molecule has 0 aromatic heterocycles. The summed E-state index contributed by atoms with van der Waals surface area (Å²) in [7, 11) is 0. The first kappa shape index (κ1) is 18.8. The van der Waals surface area contributed by atoms with Crippen molar-refractivity contribution >= 4 is 17.7 Å². The molecular formula is C22H19N3O3. The third-order valence-electron chi connectivity index (χ3n) is 3.93. The van der Waals surface area contributed by atoms with Crippen molar-refractivity contribution in [3.05, 3.63) is 108 Å². The van der Waals surface area contributed by atoms with Gasteiger partial charge in [0.2, 0.25) is 0 Å². The Morgan fingerprint density at radius 1 is 0.464 bits per heavy atom. The van der Waals surface area contributed by atoms with Gasteiger partial charge in [-0.1, -0.05) is 54.6 Å². The molecule has 3 aromatic rings. The largest absolute Gasteiger partial charge is 0.315 e. The normalized spacial score (nSPS) is 10.2. The summed E-state index contributed by atoms with van der Waals surface area (Å²) in [6, 6.07) is 25.6. The van der Waals surface area contributed by atoms with Crippen LogP contribution in [0, 0.1) is 0 Å². The van der Waals surface area contributed by atoms with Crippen LogP contribution in [0.15, 0.2) is 91.0 Å². The molecule has 3 aromatic carbocycles. The zero-order valence-corrected chi connectivity index (χ0v) is 15.0. The molecule has 0 atom stereocenters. The number of amides is 3. The molecule has 0 aliphatic rings. The quantitative estimate of drug-likeness (QED) is 0.581. The summed E-state index contributed by atoms with van der Waals surface area (Å²) >= 11 is 0. The van der Waals surface area contributed by atoms with Crippen LogP contribution in [0.1, 0.15) is 31.1 Å². The number of hydrogen-bond acceptors (Lipinski definition) is 3. The van der Waals surface area contributed by atoms with E-state index in [4.69, 9.17) is 0 Å². The standard InChI is InChI=1S/C22H19N3O3/c26-19(16-10-4-1-5-11-16)23-22(24-20(27)17-12-6-2-7-13-17)25-21(28)18-14-8-3-9-15-18/h1-15,22H,(H,23,26)(H,24,27)(H,25,28). The molecule has 0 spiro atoms. The minimum Gasteiger partial charge on any atom is -0.315 e. The van der Waals surface area contributed by atoms with Crippen LogP contribution in [0.2, 0.25) is 0 Å². The van der Waals surface area contributed by atoms with Crippen LogP contribution in [0.3, 0.4) is 0 Å². The van der Waals surface area contributed by atoms with Crippen LogP contribution in [0.5, 0.6) is 0 Å². The predicted octanol–water partition coefficient (Wildman–Crippen LogP) is 2.56. The fourth-order valence-electron chi connectivity index (χ4n) is 2.52. The fraction of sp³-hybridized carbons (Fsp3) is 0.0455. The third kappa shape index (κ3) is 5.04. The maximum Gasteiger partial charge on any atom is 0.254 e. The summed E-state index contributed by atoms with van der Waals surface area (Å²) in [6.07, 6.45) is -1.09. The molecule has 0 heterocycles. The lowest BCUT2D eigenvalue weighted by Crippen LogP contribution is -2.58. The van der Waals surface area contributed by atoms with Gasteiger partial charge in [-0.25, -0.2) is 0 Å². The van der Waals surface area contributed by atoms with E-state index in [1.807, 2.05) is 0 Å². The smallest absolute Gasteiger partial charge is 0.254 e. The van der Waals surface area contributed by atoms with E-state index in [0.717, 1.165) is 0 Å². The molecule has 0 bridgehead atoms. The Kier molecular flexibility index (Phi) is 6.15. The number of hydrogen-bond donors (Lipinski definition) is 3. The molecule has 0 fully saturated rings. The summed E-state index contributed by atoms with van der Waals surface area (Å²) in [5.41, 5.74) is 1.24. The maximum absolute atomic E-state index is 12.5. The zero-order chi connectivity index (χ0) is 19.8. The third-order valence-corrected chi connectivity index (χ3v) is 3.93. The lowest BCUT2D eigenvalue weighted by atomic mass is 10.2. The van der Waals surface area contributed by atoms with Gasteiger partial charge in [0, 0.05) is 16.7 Å². The van der Waals surface area contributed by atoms with Crippen molar-refractivity contribution in [1.29, 1.82) is 0 Å². The van der Waals surface area contributed by atoms with E-state index in [0.29, 0.717) is 16.7 Å². The van der Waals surface area contributed by atoms with Gasteiger partial charge in [-0.3, -0.25) is 14.4 Å². The average Bonchev–Trinajstić information content (AvgIpc) is 2.75. The van der Waals surface area contributed by atoms with Crippen LogP contribution in [-0.4, -0.2) is 24.0 Å². The molecule has 3 N–H and O–H groups in total. The Labute approximate surface area is 162 Å². The van der Waals surface area contributed by atoms with Gasteiger partial charge in [-0.15, -0.1) is 0 Å². The van der Waals surface area contributed by atoms with Gasteiger partial charge in [-0.05, 0) is 36.4 Å². The number of rotatable bonds is 6. The Balaban J connectivity index is 1.76. The van der Waals surface area contributed by atoms with Gasteiger partial charge in [0.1, 0.15) is 0 Å². The summed E-state index contributed by atoms with van der Waals surface area (Å²) in [5, 5.41) is 7.90. The van der Waals surface area contributed by atoms with Crippen molar-refractivity contribution < 1.29 is 14.4 Å². The van der Waals surface area contributed by atoms with Crippen LogP contribution in [-0.2, 0) is 0 Å². The van der Waals surface area contributed by atoms with Crippen molar-refractivity contribution in [2.45, 2.75) is 6.29 Å². The molecule has 0 aliphatic carbocycles. The zero-order valence-electron chi connectivity index (χ0n) is 15.0. The number of nitrogens with one attached hydrogen (secondary N) is 3. The lowest BCUT2D eigenvalue weighted by molar-refractivity contribution is 0.0828. The first-order valence-corrected chi connectivity index (χ1v) is 8.71. The van der Waals surface area contributed by atoms with Gasteiger partial charge in [0.05, 0.1) is 0 Å². The van der Waals surface area contributed by atoms with E-state index < -0.39 is 24.0 Å². The first-order chi connectivity index (χ1) is 13.6. The lowest BCUT2D eigenvalue weighted by Gasteiger charge is -2.21. The monoisotopic (exact) mass is 373 g/mol. The maximum atomic E-state index is 12.5. The SMILES string of the molecule is O=C(NC(NC(=O)c1ccccc1)NC(=O)c1ccccc1)c1ccccc1. The van der Waals surface area contributed by atoms with E-state index in [9.17, 15) is 14.4 Å². The van der Waals surface area contributed by atoms with Crippen LogP contribution < -0.4 is 16.0 Å². The Morgan fingerprint density at radius 3 is 0.964 bits per heavy atom. The first-order valence-electron chi connectivity index (χ1n) is 8.71. The van der Waals surface area contributed by atoms with E-state index >= 15 is 0 Å². The van der Waals surface area contributed by atoms with Crippen molar-refractivity contribution in [3.63, 3.8) is 0 Å². The van der Waals surface area contributed by atoms with Crippen LogP contribution >= 0.6 is 0 Å². The van der Waals surface area contributed by atoms with E-state index in [1.54, 1.807) is 91.0 Å². The highest BCUT2D eigenvalue weighted by atomic mass is 16.2. The van der Waals surface area contributed by atoms with E-state index in [-0.39, 0.29) is 0 Å². The number of carbonyl (C=O) groups is 3. The average molecular weight is 373 g/mol. The Hall–Kier alpha value is -3.93. The van der Waals surface area contributed by atoms with Gasteiger partial charge in [-0.2, -0.15) is 0 Å². The van der Waals surface area contributed by atoms with Gasteiger partial charge >= 0.3 is 0 Å². The highest BCUT2D eigenvalue weighted by Gasteiger charge is 2.19. The molecule has 0 saturated carbocycles. The van der Waals surface area contributed by atoms with Gasteiger partial charge in [0.25, 0.3) is 17.7 Å². The molecule has 28 heavy (non-hydrogen) atoms. The Bertz CT molecular complexity index is 817. The van der Waals surface area contributed by atoms with Crippen molar-refractivity contribution in [1.82, 2.24) is 16.0 Å². The molecular weight excluding hydrogens is 354 g/mol. The van der Waals surface area contributed by atoms with Crippen molar-refractivity contribution in [2.75, 3.05) is 0 Å². The highest BCUT2D eigenvalue weighted by Crippen LogP contribution is 2.02. The molecule has 6 heteroatoms. The molecule has 3 amide bonds. The number of benzene rings is 3. The highest BCUT2D eigenvalue weighted by molar-refractivity contribution is 5.98. The molecule has 0 saturated heterocycles. The second-order valence-electron chi connectivity index (χ2n) is 5.95. The summed E-state index contributed by atoms with van der Waals surface area (Å²) in [5.74, 6) is -1.27. The molecule has 6 nitrogen and oxygen atoms in total. The second-order valence-corrected chi connectivity index (χ2v) is 5.95. The molecule has 0 aliphatic heterocycles. The fourth-order valence-corrected chi connectivity index (χ4v) is 2.52. The molecule has 0 radical (unpaired) electrons. The Morgan fingerprint density at radius 2 is 0.714 bits per heavy atom. The minimum atomic E-state index is -1.09. The predicted molar refractivity (Wildman–Crippen MR) is 106 cm³/mol. The molecule has 3 rings (SSSR count). The second kappa shape index (κ2) is 9.14. The van der Waals surface area contributed by atoms with Crippen molar-refractivity contribution in [2.24, 2.45) is 0 Å². The topological polar surface area (TPSA) is 87.3 Å².